The van der Waals surface area contributed by atoms with Crippen molar-refractivity contribution in [1.29, 1.82) is 0 Å². The van der Waals surface area contributed by atoms with Crippen molar-refractivity contribution in [3.05, 3.63) is 29.8 Å². The third-order valence-corrected chi connectivity index (χ3v) is 2.49. The average Bonchev–Trinajstić information content (AvgIpc) is 2.60. The maximum atomic E-state index is 11.1. The molecule has 1 aliphatic rings. The summed E-state index contributed by atoms with van der Waals surface area (Å²) in [4.78, 5) is 22.0. The molecule has 2 rings (SSSR count). The lowest BCUT2D eigenvalue weighted by molar-refractivity contribution is -0.165. The van der Waals surface area contributed by atoms with E-state index in [9.17, 15) is 14.8 Å². The van der Waals surface area contributed by atoms with Gasteiger partial charge in [-0.3, -0.25) is 20.1 Å². The maximum Gasteiger partial charge on any atom is 0.261 e. The molecule has 1 aromatic rings. The minimum atomic E-state index is -0.520. The van der Waals surface area contributed by atoms with E-state index in [1.54, 1.807) is 24.3 Å². The van der Waals surface area contributed by atoms with Crippen LogP contribution in [0.1, 0.15) is 18.7 Å². The molecule has 0 aliphatic carbocycles. The maximum absolute atomic E-state index is 11.1. The zero-order valence-corrected chi connectivity index (χ0v) is 9.30. The monoisotopic (exact) mass is 235 g/mol. The fourth-order valence-corrected chi connectivity index (χ4v) is 1.71. The minimum Gasteiger partial charge on any atom is -0.326 e. The lowest BCUT2D eigenvalue weighted by Gasteiger charge is -2.17. The van der Waals surface area contributed by atoms with E-state index in [1.165, 1.54) is 6.92 Å². The number of nitrogens with zero attached hydrogens (tertiary/aromatic N) is 1. The molecule has 1 atom stereocenters. The van der Waals surface area contributed by atoms with Crippen molar-refractivity contribution in [3.8, 4) is 0 Å². The largest absolute Gasteiger partial charge is 0.326 e. The highest BCUT2D eigenvalue weighted by molar-refractivity contribution is 5.88. The third kappa shape index (κ3) is 2.43. The Morgan fingerprint density at radius 3 is 2.59 bits per heavy atom. The van der Waals surface area contributed by atoms with Gasteiger partial charge in [0.05, 0.1) is 6.54 Å². The topological polar surface area (TPSA) is 81.7 Å². The first kappa shape index (κ1) is 11.6. The van der Waals surface area contributed by atoms with Crippen LogP contribution in [-0.4, -0.2) is 28.6 Å². The van der Waals surface area contributed by atoms with Crippen molar-refractivity contribution < 1.29 is 14.8 Å². The Balaban J connectivity index is 2.13. The second-order valence-corrected chi connectivity index (χ2v) is 3.82. The van der Waals surface area contributed by atoms with Gasteiger partial charge in [-0.15, -0.1) is 0 Å². The van der Waals surface area contributed by atoms with E-state index in [1.807, 2.05) is 0 Å². The molecular formula is C11H13N3O3. The van der Waals surface area contributed by atoms with Crippen molar-refractivity contribution in [2.24, 2.45) is 0 Å². The lowest BCUT2D eigenvalue weighted by atomic mass is 10.1. The van der Waals surface area contributed by atoms with Crippen molar-refractivity contribution in [2.75, 3.05) is 11.9 Å². The molecule has 1 aromatic carbocycles. The molecule has 1 heterocycles. The van der Waals surface area contributed by atoms with Gasteiger partial charge < -0.3 is 5.32 Å². The molecule has 1 aliphatic heterocycles. The van der Waals surface area contributed by atoms with E-state index in [4.69, 9.17) is 0 Å². The lowest BCUT2D eigenvalue weighted by Crippen LogP contribution is -2.26. The Hall–Kier alpha value is -1.92. The molecule has 1 unspecified atom stereocenters. The van der Waals surface area contributed by atoms with Crippen molar-refractivity contribution in [2.45, 2.75) is 13.1 Å². The van der Waals surface area contributed by atoms with Crippen LogP contribution >= 0.6 is 0 Å². The highest BCUT2D eigenvalue weighted by Gasteiger charge is 2.30. The van der Waals surface area contributed by atoms with E-state index in [-0.39, 0.29) is 18.4 Å². The Morgan fingerprint density at radius 1 is 1.47 bits per heavy atom. The van der Waals surface area contributed by atoms with E-state index in [0.717, 1.165) is 5.56 Å². The number of benzene rings is 1. The fourth-order valence-electron chi connectivity index (χ4n) is 1.71. The van der Waals surface area contributed by atoms with Gasteiger partial charge in [-0.1, -0.05) is 12.1 Å². The smallest absolute Gasteiger partial charge is 0.261 e. The van der Waals surface area contributed by atoms with E-state index >= 15 is 0 Å². The van der Waals surface area contributed by atoms with Gasteiger partial charge in [0.25, 0.3) is 5.91 Å². The van der Waals surface area contributed by atoms with Crippen molar-refractivity contribution in [3.63, 3.8) is 0 Å². The van der Waals surface area contributed by atoms with Gasteiger partial charge in [-0.25, -0.2) is 5.06 Å². The van der Waals surface area contributed by atoms with Gasteiger partial charge in [-0.05, 0) is 17.7 Å². The molecule has 0 saturated carbocycles. The number of hydroxylamine groups is 2. The van der Waals surface area contributed by atoms with Crippen LogP contribution in [0.15, 0.2) is 24.3 Å². The molecule has 17 heavy (non-hydrogen) atoms. The molecule has 0 spiro atoms. The summed E-state index contributed by atoms with van der Waals surface area (Å²) in [7, 11) is 0. The molecule has 1 saturated heterocycles. The molecule has 3 N–H and O–H groups in total. The molecule has 0 bridgehead atoms. The van der Waals surface area contributed by atoms with Crippen molar-refractivity contribution >= 4 is 17.5 Å². The molecular weight excluding hydrogens is 222 g/mol. The predicted molar refractivity (Wildman–Crippen MR) is 60.1 cm³/mol. The van der Waals surface area contributed by atoms with E-state index in [0.29, 0.717) is 10.8 Å². The number of hydrogen-bond acceptors (Lipinski definition) is 4. The van der Waals surface area contributed by atoms with Gasteiger partial charge >= 0.3 is 0 Å². The Labute approximate surface area is 98.2 Å². The average molecular weight is 235 g/mol. The van der Waals surface area contributed by atoms with Gasteiger partial charge in [0.2, 0.25) is 5.91 Å². The number of nitrogens with one attached hydrogen (secondary N) is 2. The number of carbonyl (C=O) groups is 2. The summed E-state index contributed by atoms with van der Waals surface area (Å²) in [5.74, 6) is -0.503. The highest BCUT2D eigenvalue weighted by atomic mass is 16.5. The molecule has 90 valence electrons. The second-order valence-electron chi connectivity index (χ2n) is 3.82. The summed E-state index contributed by atoms with van der Waals surface area (Å²) in [5.41, 5.74) is 1.43. The van der Waals surface area contributed by atoms with Crippen LogP contribution in [0.25, 0.3) is 0 Å². The predicted octanol–water partition coefficient (Wildman–Crippen LogP) is 0.465. The third-order valence-electron chi connectivity index (χ3n) is 2.49. The van der Waals surface area contributed by atoms with Crippen LogP contribution < -0.4 is 10.6 Å². The first-order valence-electron chi connectivity index (χ1n) is 5.20. The fraction of sp³-hybridized carbons (Fsp3) is 0.273. The summed E-state index contributed by atoms with van der Waals surface area (Å²) in [6.45, 7) is 1.55. The standard InChI is InChI=1S/C11H13N3O3/c1-7(15)13-9-4-2-8(3-5-9)11-12-6-10(16)14(11)17/h2-5,11-12,17H,6H2,1H3,(H,13,15). The second kappa shape index (κ2) is 4.52. The zero-order chi connectivity index (χ0) is 12.4. The first-order chi connectivity index (χ1) is 8.08. The van der Waals surface area contributed by atoms with Gasteiger partial charge in [0.1, 0.15) is 6.17 Å². The minimum absolute atomic E-state index is 0.120. The Bertz CT molecular complexity index is 444. The number of anilines is 1. The summed E-state index contributed by atoms with van der Waals surface area (Å²) in [6, 6.07) is 6.92. The zero-order valence-electron chi connectivity index (χ0n) is 9.30. The van der Waals surface area contributed by atoms with Crippen LogP contribution in [0.4, 0.5) is 5.69 Å². The van der Waals surface area contributed by atoms with E-state index < -0.39 is 6.17 Å². The quantitative estimate of drug-likeness (QED) is 0.651. The summed E-state index contributed by atoms with van der Waals surface area (Å²) < 4.78 is 0. The number of carbonyl (C=O) groups excluding carboxylic acids is 2. The molecule has 6 nitrogen and oxygen atoms in total. The highest BCUT2D eigenvalue weighted by Crippen LogP contribution is 2.21. The SMILES string of the molecule is CC(=O)Nc1ccc(C2NCC(=O)N2O)cc1. The van der Waals surface area contributed by atoms with Crippen LogP contribution in [0.2, 0.25) is 0 Å². The van der Waals surface area contributed by atoms with Gasteiger partial charge in [0, 0.05) is 12.6 Å². The Morgan fingerprint density at radius 2 is 2.12 bits per heavy atom. The molecule has 0 aromatic heterocycles. The summed E-state index contributed by atoms with van der Waals surface area (Å²) in [5, 5.41) is 15.7. The summed E-state index contributed by atoms with van der Waals surface area (Å²) >= 11 is 0. The molecule has 0 radical (unpaired) electrons. The summed E-state index contributed by atoms with van der Waals surface area (Å²) in [6.07, 6.45) is -0.520. The Kier molecular flexibility index (Phi) is 3.08. The number of amides is 2. The normalized spacial score (nSPS) is 19.5. The van der Waals surface area contributed by atoms with Crippen molar-refractivity contribution in [1.82, 2.24) is 10.4 Å². The van der Waals surface area contributed by atoms with Crippen LogP contribution in [-0.2, 0) is 9.59 Å². The van der Waals surface area contributed by atoms with Crippen LogP contribution in [0, 0.1) is 0 Å². The van der Waals surface area contributed by atoms with Crippen LogP contribution in [0.3, 0.4) is 0 Å². The van der Waals surface area contributed by atoms with Gasteiger partial charge in [-0.2, -0.15) is 0 Å². The first-order valence-corrected chi connectivity index (χ1v) is 5.20. The molecule has 1 fully saturated rings. The molecule has 2 amide bonds. The van der Waals surface area contributed by atoms with E-state index in [2.05, 4.69) is 10.6 Å². The number of hydrogen-bond donors (Lipinski definition) is 3. The molecule has 6 heteroatoms. The van der Waals surface area contributed by atoms with Crippen LogP contribution in [0.5, 0.6) is 0 Å². The number of rotatable bonds is 2. The van der Waals surface area contributed by atoms with Gasteiger partial charge in [0.15, 0.2) is 0 Å².